The fraction of sp³-hybridized carbons (Fsp3) is 0.667. The maximum absolute atomic E-state index is 5.83. The van der Waals surface area contributed by atoms with E-state index in [4.69, 9.17) is 10.7 Å². The molecule has 114 valence electrons. The third-order valence-corrected chi connectivity index (χ3v) is 5.93. The molecule has 2 unspecified atom stereocenters. The molecule has 0 aromatic carbocycles. The largest absolute Gasteiger partial charge is 0.353 e. The highest BCUT2D eigenvalue weighted by Gasteiger charge is 2.35. The fourth-order valence-corrected chi connectivity index (χ4v) is 4.67. The van der Waals surface area contributed by atoms with Crippen LogP contribution in [0.15, 0.2) is 11.6 Å². The van der Waals surface area contributed by atoms with Crippen molar-refractivity contribution < 1.29 is 0 Å². The van der Waals surface area contributed by atoms with Crippen molar-refractivity contribution in [3.8, 4) is 0 Å². The number of rotatable bonds is 3. The van der Waals surface area contributed by atoms with E-state index in [2.05, 4.69) is 32.8 Å². The quantitative estimate of drug-likeness (QED) is 0.935. The Hall–Kier alpha value is -1.11. The van der Waals surface area contributed by atoms with Crippen LogP contribution < -0.4 is 10.6 Å². The lowest BCUT2D eigenvalue weighted by Crippen LogP contribution is -2.37. The second-order valence-corrected chi connectivity index (χ2v) is 7.13. The fourth-order valence-electron chi connectivity index (χ4n) is 3.94. The molecule has 2 aromatic rings. The summed E-state index contributed by atoms with van der Waals surface area (Å²) in [6.45, 7) is 2.90. The van der Waals surface area contributed by atoms with Crippen LogP contribution >= 0.6 is 11.3 Å². The third-order valence-electron chi connectivity index (χ3n) is 5.17. The van der Waals surface area contributed by atoms with Crippen molar-refractivity contribution in [3.63, 3.8) is 0 Å². The van der Waals surface area contributed by atoms with Crippen molar-refractivity contribution in [1.82, 2.24) is 14.3 Å². The van der Waals surface area contributed by atoms with Gasteiger partial charge < -0.3 is 10.6 Å². The monoisotopic (exact) mass is 305 g/mol. The van der Waals surface area contributed by atoms with Gasteiger partial charge in [0.25, 0.3) is 0 Å². The van der Waals surface area contributed by atoms with Crippen molar-refractivity contribution in [1.29, 1.82) is 0 Å². The number of thiazole rings is 1. The van der Waals surface area contributed by atoms with Gasteiger partial charge in [-0.05, 0) is 32.9 Å². The van der Waals surface area contributed by atoms with Gasteiger partial charge in [0.15, 0.2) is 10.8 Å². The first-order valence-corrected chi connectivity index (χ1v) is 8.77. The Bertz CT molecular complexity index is 633. The molecule has 0 spiro atoms. The maximum atomic E-state index is 5.83. The summed E-state index contributed by atoms with van der Waals surface area (Å²) in [5.74, 6) is 1.17. The highest BCUT2D eigenvalue weighted by molar-refractivity contribution is 7.15. The number of nitrogens with zero attached hydrogens (tertiary/aromatic N) is 4. The standard InChI is InChI=1S/C15H23N5S/c1-18-11-2-3-12(18)10-19(7-5-11)14-13(4-6-16)20-8-9-21-15(20)17-14/h8-9,11-12H,2-7,10,16H2,1H3. The summed E-state index contributed by atoms with van der Waals surface area (Å²) in [7, 11) is 2.29. The van der Waals surface area contributed by atoms with Gasteiger partial charge in [-0.15, -0.1) is 11.3 Å². The number of aromatic nitrogens is 2. The Labute approximate surface area is 129 Å². The zero-order valence-corrected chi connectivity index (χ0v) is 13.4. The number of hydrogen-bond donors (Lipinski definition) is 1. The number of anilines is 1. The first-order valence-electron chi connectivity index (χ1n) is 7.89. The second-order valence-electron chi connectivity index (χ2n) is 6.26. The minimum atomic E-state index is 0.677. The average molecular weight is 305 g/mol. The Kier molecular flexibility index (Phi) is 3.40. The van der Waals surface area contributed by atoms with Gasteiger partial charge in [0.2, 0.25) is 0 Å². The van der Waals surface area contributed by atoms with Crippen molar-refractivity contribution in [2.45, 2.75) is 37.8 Å². The maximum Gasteiger partial charge on any atom is 0.195 e. The summed E-state index contributed by atoms with van der Waals surface area (Å²) in [6.07, 6.45) is 6.96. The zero-order chi connectivity index (χ0) is 14.4. The van der Waals surface area contributed by atoms with Gasteiger partial charge in [-0.3, -0.25) is 9.30 Å². The summed E-state index contributed by atoms with van der Waals surface area (Å²) < 4.78 is 2.22. The summed E-state index contributed by atoms with van der Waals surface area (Å²) >= 11 is 1.71. The van der Waals surface area contributed by atoms with E-state index in [0.29, 0.717) is 12.6 Å². The van der Waals surface area contributed by atoms with Crippen molar-refractivity contribution in [2.75, 3.05) is 31.6 Å². The van der Waals surface area contributed by atoms with Crippen LogP contribution in [0, 0.1) is 0 Å². The average Bonchev–Trinajstić information content (AvgIpc) is 3.08. The smallest absolute Gasteiger partial charge is 0.195 e. The molecule has 0 radical (unpaired) electrons. The molecule has 4 rings (SSSR count). The second kappa shape index (κ2) is 5.26. The Morgan fingerprint density at radius 2 is 2.19 bits per heavy atom. The number of nitrogens with two attached hydrogens (primary N) is 1. The zero-order valence-electron chi connectivity index (χ0n) is 12.5. The lowest BCUT2D eigenvalue weighted by molar-refractivity contribution is 0.254. The van der Waals surface area contributed by atoms with Gasteiger partial charge in [-0.2, -0.15) is 0 Å². The molecule has 2 aromatic heterocycles. The van der Waals surface area contributed by atoms with Crippen LogP contribution in [0.5, 0.6) is 0 Å². The van der Waals surface area contributed by atoms with E-state index in [1.54, 1.807) is 11.3 Å². The van der Waals surface area contributed by atoms with E-state index in [0.717, 1.165) is 30.5 Å². The Balaban J connectivity index is 1.69. The molecule has 4 heterocycles. The molecule has 0 saturated carbocycles. The van der Waals surface area contributed by atoms with Gasteiger partial charge in [-0.1, -0.05) is 0 Å². The van der Waals surface area contributed by atoms with E-state index < -0.39 is 0 Å². The van der Waals surface area contributed by atoms with Crippen molar-refractivity contribution in [3.05, 3.63) is 17.3 Å². The van der Waals surface area contributed by atoms with E-state index in [-0.39, 0.29) is 0 Å². The topological polar surface area (TPSA) is 49.8 Å². The van der Waals surface area contributed by atoms with E-state index in [1.807, 2.05) is 0 Å². The molecule has 0 aliphatic carbocycles. The molecule has 2 atom stereocenters. The van der Waals surface area contributed by atoms with Crippen LogP contribution in [0.1, 0.15) is 25.0 Å². The molecule has 2 N–H and O–H groups in total. The number of imidazole rings is 1. The van der Waals surface area contributed by atoms with E-state index in [1.165, 1.54) is 30.8 Å². The number of likely N-dealkylation sites (N-methyl/N-ethyl adjacent to an activating group) is 1. The molecule has 5 nitrogen and oxygen atoms in total. The molecule has 2 saturated heterocycles. The van der Waals surface area contributed by atoms with Crippen LogP contribution in [-0.4, -0.2) is 53.1 Å². The van der Waals surface area contributed by atoms with Crippen LogP contribution in [-0.2, 0) is 6.42 Å². The number of hydrogen-bond acceptors (Lipinski definition) is 5. The minimum Gasteiger partial charge on any atom is -0.353 e. The van der Waals surface area contributed by atoms with Crippen LogP contribution in [0.2, 0.25) is 0 Å². The molecule has 6 heteroatoms. The van der Waals surface area contributed by atoms with Gasteiger partial charge in [0.05, 0.1) is 5.69 Å². The highest BCUT2D eigenvalue weighted by Crippen LogP contribution is 2.32. The summed E-state index contributed by atoms with van der Waals surface area (Å²) in [4.78, 5) is 11.1. The third kappa shape index (κ3) is 2.17. The molecule has 2 aliphatic rings. The van der Waals surface area contributed by atoms with Crippen molar-refractivity contribution in [2.24, 2.45) is 5.73 Å². The van der Waals surface area contributed by atoms with Gasteiger partial charge in [0, 0.05) is 43.2 Å². The van der Waals surface area contributed by atoms with Gasteiger partial charge in [0.1, 0.15) is 0 Å². The molecule has 2 aliphatic heterocycles. The first kappa shape index (κ1) is 13.5. The summed E-state index contributed by atoms with van der Waals surface area (Å²) in [5.41, 5.74) is 7.11. The van der Waals surface area contributed by atoms with E-state index >= 15 is 0 Å². The molecule has 2 fully saturated rings. The SMILES string of the molecule is CN1C2CCC1CN(c1nc3sccn3c1CCN)CC2. The Morgan fingerprint density at radius 1 is 1.33 bits per heavy atom. The van der Waals surface area contributed by atoms with Crippen LogP contribution in [0.3, 0.4) is 0 Å². The highest BCUT2D eigenvalue weighted by atomic mass is 32.1. The molecule has 0 amide bonds. The van der Waals surface area contributed by atoms with Gasteiger partial charge in [-0.25, -0.2) is 4.98 Å². The van der Waals surface area contributed by atoms with E-state index in [9.17, 15) is 0 Å². The van der Waals surface area contributed by atoms with Crippen molar-refractivity contribution >= 4 is 22.1 Å². The number of fused-ring (bicyclic) bond motifs is 3. The summed E-state index contributed by atoms with van der Waals surface area (Å²) in [6, 6.07) is 1.45. The molecule has 2 bridgehead atoms. The first-order chi connectivity index (χ1) is 10.3. The molecular weight excluding hydrogens is 282 g/mol. The van der Waals surface area contributed by atoms with Crippen LogP contribution in [0.4, 0.5) is 5.82 Å². The molecule has 21 heavy (non-hydrogen) atoms. The predicted octanol–water partition coefficient (Wildman–Crippen LogP) is 1.57. The predicted molar refractivity (Wildman–Crippen MR) is 87.2 cm³/mol. The summed E-state index contributed by atoms with van der Waals surface area (Å²) in [5, 5.41) is 2.10. The lowest BCUT2D eigenvalue weighted by atomic mass is 10.1. The normalized spacial score (nSPS) is 26.7. The minimum absolute atomic E-state index is 0.677. The van der Waals surface area contributed by atoms with Crippen LogP contribution in [0.25, 0.3) is 4.96 Å². The lowest BCUT2D eigenvalue weighted by Gasteiger charge is -2.26. The van der Waals surface area contributed by atoms with Gasteiger partial charge >= 0.3 is 0 Å². The Morgan fingerprint density at radius 3 is 3.05 bits per heavy atom. The molecular formula is C15H23N5S.